The Morgan fingerprint density at radius 2 is 2.24 bits per heavy atom. The Balaban J connectivity index is 1.44. The fourth-order valence-electron chi connectivity index (χ4n) is 2.89. The van der Waals surface area contributed by atoms with Gasteiger partial charge in [0.25, 0.3) is 5.91 Å². The second kappa shape index (κ2) is 6.49. The quantitative estimate of drug-likeness (QED) is 0.726. The van der Waals surface area contributed by atoms with Gasteiger partial charge in [0.1, 0.15) is 6.10 Å². The molecule has 1 unspecified atom stereocenters. The molecule has 0 aliphatic carbocycles. The maximum atomic E-state index is 12.7. The van der Waals surface area contributed by atoms with Crippen molar-refractivity contribution >= 4 is 27.5 Å². The summed E-state index contributed by atoms with van der Waals surface area (Å²) in [7, 11) is 0. The van der Waals surface area contributed by atoms with Crippen LogP contribution in [0.15, 0.2) is 42.0 Å². The van der Waals surface area contributed by atoms with Gasteiger partial charge in [0, 0.05) is 30.8 Å². The first-order chi connectivity index (χ1) is 12.2. The third-order valence-corrected chi connectivity index (χ3v) is 4.95. The zero-order valence-corrected chi connectivity index (χ0v) is 14.1. The third kappa shape index (κ3) is 3.16. The number of carbonyl (C=O) groups excluding carboxylic acids is 1. The molecule has 1 fully saturated rings. The van der Waals surface area contributed by atoms with Crippen molar-refractivity contribution in [3.05, 3.63) is 53.2 Å². The van der Waals surface area contributed by atoms with Gasteiger partial charge in [0.2, 0.25) is 5.88 Å². The highest BCUT2D eigenvalue weighted by Crippen LogP contribution is 2.23. The molecule has 0 radical (unpaired) electrons. The van der Waals surface area contributed by atoms with E-state index >= 15 is 0 Å². The number of amides is 1. The Morgan fingerprint density at radius 1 is 1.32 bits per heavy atom. The Bertz CT molecular complexity index is 978. The molecular formula is C18H14N4O2S. The molecule has 3 heterocycles. The molecule has 2 aromatic heterocycles. The summed E-state index contributed by atoms with van der Waals surface area (Å²) in [5.41, 5.74) is 3.87. The molecule has 1 aliphatic rings. The molecule has 3 aromatic rings. The van der Waals surface area contributed by atoms with Crippen LogP contribution in [0, 0.1) is 11.3 Å². The first kappa shape index (κ1) is 15.5. The minimum atomic E-state index is -0.113. The SMILES string of the molecule is N#Cc1ccnc(OC2CCN(C(=O)c3ccc4ncsc4c3)C2)c1. The molecule has 124 valence electrons. The summed E-state index contributed by atoms with van der Waals surface area (Å²) < 4.78 is 6.84. The van der Waals surface area contributed by atoms with Gasteiger partial charge in [-0.15, -0.1) is 11.3 Å². The molecule has 6 nitrogen and oxygen atoms in total. The predicted molar refractivity (Wildman–Crippen MR) is 93.5 cm³/mol. The van der Waals surface area contributed by atoms with Gasteiger partial charge < -0.3 is 9.64 Å². The van der Waals surface area contributed by atoms with Gasteiger partial charge in [0.15, 0.2) is 0 Å². The maximum absolute atomic E-state index is 12.7. The summed E-state index contributed by atoms with van der Waals surface area (Å²) in [4.78, 5) is 22.9. The number of rotatable bonds is 3. The number of hydrogen-bond acceptors (Lipinski definition) is 6. The van der Waals surface area contributed by atoms with Crippen LogP contribution < -0.4 is 4.74 Å². The van der Waals surface area contributed by atoms with Crippen LogP contribution in [0.2, 0.25) is 0 Å². The molecular weight excluding hydrogens is 336 g/mol. The molecule has 1 saturated heterocycles. The summed E-state index contributed by atoms with van der Waals surface area (Å²) in [6.45, 7) is 1.15. The summed E-state index contributed by atoms with van der Waals surface area (Å²) in [6, 6.07) is 10.9. The zero-order chi connectivity index (χ0) is 17.2. The van der Waals surface area contributed by atoms with Crippen LogP contribution in [0.3, 0.4) is 0 Å². The van der Waals surface area contributed by atoms with E-state index in [4.69, 9.17) is 10.00 Å². The van der Waals surface area contributed by atoms with Crippen LogP contribution in [-0.2, 0) is 0 Å². The molecule has 1 aromatic carbocycles. The van der Waals surface area contributed by atoms with E-state index in [-0.39, 0.29) is 12.0 Å². The van der Waals surface area contributed by atoms with Crippen molar-refractivity contribution < 1.29 is 9.53 Å². The molecule has 1 aliphatic heterocycles. The fraction of sp³-hybridized carbons (Fsp3) is 0.222. The highest BCUT2D eigenvalue weighted by atomic mass is 32.1. The number of ether oxygens (including phenoxy) is 1. The topological polar surface area (TPSA) is 79.1 Å². The van der Waals surface area contributed by atoms with Crippen LogP contribution in [0.1, 0.15) is 22.3 Å². The lowest BCUT2D eigenvalue weighted by Crippen LogP contribution is -2.31. The van der Waals surface area contributed by atoms with Crippen molar-refractivity contribution in [1.29, 1.82) is 5.26 Å². The molecule has 0 bridgehead atoms. The van der Waals surface area contributed by atoms with E-state index in [9.17, 15) is 4.79 Å². The molecule has 7 heteroatoms. The molecule has 25 heavy (non-hydrogen) atoms. The van der Waals surface area contributed by atoms with Crippen molar-refractivity contribution in [2.45, 2.75) is 12.5 Å². The first-order valence-electron chi connectivity index (χ1n) is 7.88. The number of aromatic nitrogens is 2. The monoisotopic (exact) mass is 350 g/mol. The number of carbonyl (C=O) groups is 1. The molecule has 0 spiro atoms. The van der Waals surface area contributed by atoms with Crippen LogP contribution in [0.4, 0.5) is 0 Å². The average molecular weight is 350 g/mol. The van der Waals surface area contributed by atoms with E-state index in [0.717, 1.165) is 16.6 Å². The minimum Gasteiger partial charge on any atom is -0.472 e. The number of likely N-dealkylation sites (tertiary alicyclic amines) is 1. The first-order valence-corrected chi connectivity index (χ1v) is 8.76. The summed E-state index contributed by atoms with van der Waals surface area (Å²) in [5.74, 6) is 0.421. The minimum absolute atomic E-state index is 0.000125. The Hall–Kier alpha value is -2.98. The molecule has 0 saturated carbocycles. The summed E-state index contributed by atoms with van der Waals surface area (Å²) in [6.07, 6.45) is 2.18. The summed E-state index contributed by atoms with van der Waals surface area (Å²) >= 11 is 1.53. The number of thiazole rings is 1. The lowest BCUT2D eigenvalue weighted by Gasteiger charge is -2.17. The smallest absolute Gasteiger partial charge is 0.254 e. The lowest BCUT2D eigenvalue weighted by atomic mass is 10.2. The number of benzene rings is 1. The molecule has 1 amide bonds. The highest BCUT2D eigenvalue weighted by Gasteiger charge is 2.28. The average Bonchev–Trinajstić information content (AvgIpc) is 3.29. The Kier molecular flexibility index (Phi) is 4.04. The van der Waals surface area contributed by atoms with Gasteiger partial charge in [0.05, 0.1) is 33.9 Å². The van der Waals surface area contributed by atoms with Crippen molar-refractivity contribution in [3.63, 3.8) is 0 Å². The van der Waals surface area contributed by atoms with E-state index in [2.05, 4.69) is 16.0 Å². The maximum Gasteiger partial charge on any atom is 0.254 e. The molecule has 0 N–H and O–H groups in total. The second-order valence-electron chi connectivity index (χ2n) is 5.81. The van der Waals surface area contributed by atoms with E-state index < -0.39 is 0 Å². The van der Waals surface area contributed by atoms with Crippen LogP contribution in [-0.4, -0.2) is 40.0 Å². The van der Waals surface area contributed by atoms with Gasteiger partial charge >= 0.3 is 0 Å². The number of nitrogens with zero attached hydrogens (tertiary/aromatic N) is 4. The van der Waals surface area contributed by atoms with E-state index in [1.54, 1.807) is 28.7 Å². The number of fused-ring (bicyclic) bond motifs is 1. The Morgan fingerprint density at radius 3 is 3.12 bits per heavy atom. The van der Waals surface area contributed by atoms with Gasteiger partial charge in [-0.3, -0.25) is 4.79 Å². The standard InChI is InChI=1S/C18H14N4O2S/c19-9-12-3-5-20-17(7-12)24-14-4-6-22(10-14)18(23)13-1-2-15-16(8-13)25-11-21-15/h1-3,5,7-8,11,14H,4,6,10H2. The van der Waals surface area contributed by atoms with Gasteiger partial charge in [-0.05, 0) is 24.3 Å². The third-order valence-electron chi connectivity index (χ3n) is 4.16. The van der Waals surface area contributed by atoms with E-state index in [1.165, 1.54) is 11.3 Å². The predicted octanol–water partition coefficient (Wildman–Crippen LogP) is 2.86. The number of nitriles is 1. The normalized spacial score (nSPS) is 16.8. The largest absolute Gasteiger partial charge is 0.472 e. The highest BCUT2D eigenvalue weighted by molar-refractivity contribution is 7.16. The molecule has 1 atom stereocenters. The van der Waals surface area contributed by atoms with E-state index in [1.807, 2.05) is 18.2 Å². The van der Waals surface area contributed by atoms with Crippen LogP contribution in [0.5, 0.6) is 5.88 Å². The van der Waals surface area contributed by atoms with Crippen molar-refractivity contribution in [1.82, 2.24) is 14.9 Å². The summed E-state index contributed by atoms with van der Waals surface area (Å²) in [5, 5.41) is 8.93. The van der Waals surface area contributed by atoms with Crippen LogP contribution in [0.25, 0.3) is 10.2 Å². The fourth-order valence-corrected chi connectivity index (χ4v) is 3.61. The zero-order valence-electron chi connectivity index (χ0n) is 13.3. The van der Waals surface area contributed by atoms with Gasteiger partial charge in [-0.25, -0.2) is 9.97 Å². The second-order valence-corrected chi connectivity index (χ2v) is 6.70. The molecule has 4 rings (SSSR count). The van der Waals surface area contributed by atoms with Gasteiger partial charge in [-0.2, -0.15) is 5.26 Å². The van der Waals surface area contributed by atoms with Crippen LogP contribution >= 0.6 is 11.3 Å². The number of pyridine rings is 1. The van der Waals surface area contributed by atoms with E-state index in [0.29, 0.717) is 30.1 Å². The van der Waals surface area contributed by atoms with Crippen molar-refractivity contribution in [2.24, 2.45) is 0 Å². The lowest BCUT2D eigenvalue weighted by molar-refractivity contribution is 0.0771. The van der Waals surface area contributed by atoms with Crippen molar-refractivity contribution in [3.8, 4) is 11.9 Å². The van der Waals surface area contributed by atoms with Crippen molar-refractivity contribution in [2.75, 3.05) is 13.1 Å². The van der Waals surface area contributed by atoms with Gasteiger partial charge in [-0.1, -0.05) is 0 Å². The Labute approximate surface area is 148 Å². The number of hydrogen-bond donors (Lipinski definition) is 0.